The highest BCUT2D eigenvalue weighted by Crippen LogP contribution is 2.57. The van der Waals surface area contributed by atoms with Crippen LogP contribution in [0.3, 0.4) is 0 Å². The smallest absolute Gasteiger partial charge is 0.408 e. The second-order valence-electron chi connectivity index (χ2n) is 13.1. The number of fused-ring (bicyclic) bond motifs is 2. The van der Waals surface area contributed by atoms with Crippen molar-refractivity contribution < 1.29 is 33.0 Å². The van der Waals surface area contributed by atoms with Gasteiger partial charge in [0, 0.05) is 12.5 Å². The van der Waals surface area contributed by atoms with Gasteiger partial charge in [-0.2, -0.15) is 0 Å². The molecule has 10 nitrogen and oxygen atoms in total. The van der Waals surface area contributed by atoms with E-state index in [1.165, 1.54) is 36.6 Å². The number of halogens is 2. The fourth-order valence-electron chi connectivity index (χ4n) is 6.66. The molecule has 2 aliphatic carbocycles. The second kappa shape index (κ2) is 12.9. The van der Waals surface area contributed by atoms with Crippen LogP contribution in [0.1, 0.15) is 59.3 Å². The molecule has 1 aromatic carbocycles. The minimum Gasteiger partial charge on any atom is -0.470 e. The van der Waals surface area contributed by atoms with Crippen LogP contribution in [0.15, 0.2) is 30.9 Å². The molecule has 12 heteroatoms. The maximum absolute atomic E-state index is 14.1. The van der Waals surface area contributed by atoms with Gasteiger partial charge in [-0.1, -0.05) is 38.4 Å². The molecule has 2 saturated carbocycles. The molecule has 1 N–H and O–H groups in total. The van der Waals surface area contributed by atoms with Crippen LogP contribution < -0.4 is 10.1 Å². The summed E-state index contributed by atoms with van der Waals surface area (Å²) in [6.45, 7) is 9.30. The van der Waals surface area contributed by atoms with Gasteiger partial charge in [0.25, 0.3) is 5.88 Å². The van der Waals surface area contributed by atoms with E-state index in [9.17, 15) is 18.8 Å². The number of hydrogen-bond acceptors (Lipinski definition) is 8. The number of nitrogens with one attached hydrogen (secondary N) is 1. The van der Waals surface area contributed by atoms with Crippen molar-refractivity contribution in [2.45, 2.75) is 83.6 Å². The lowest BCUT2D eigenvalue weighted by Gasteiger charge is -2.35. The van der Waals surface area contributed by atoms with Gasteiger partial charge in [-0.25, -0.2) is 23.9 Å². The minimum absolute atomic E-state index is 0.00152. The van der Waals surface area contributed by atoms with Crippen molar-refractivity contribution in [2.24, 2.45) is 23.2 Å². The molecule has 2 heterocycles. The minimum atomic E-state index is -0.997. The summed E-state index contributed by atoms with van der Waals surface area (Å²) in [7, 11) is 1.24. The number of unbranched alkanes of at least 4 members (excludes halogenated alkanes) is 1. The number of benzene rings is 1. The van der Waals surface area contributed by atoms with Crippen molar-refractivity contribution in [3.63, 3.8) is 0 Å². The molecule has 44 heavy (non-hydrogen) atoms. The summed E-state index contributed by atoms with van der Waals surface area (Å²) >= 11 is 6.31. The van der Waals surface area contributed by atoms with Crippen LogP contribution in [0.4, 0.5) is 9.18 Å². The summed E-state index contributed by atoms with van der Waals surface area (Å²) in [5.41, 5.74) is -0.0744. The first-order valence-corrected chi connectivity index (χ1v) is 15.5. The Bertz CT molecular complexity index is 1430. The highest BCUT2D eigenvalue weighted by atomic mass is 35.5. The third-order valence-electron chi connectivity index (χ3n) is 8.97. The maximum atomic E-state index is 14.1. The molecule has 1 unspecified atom stereocenters. The summed E-state index contributed by atoms with van der Waals surface area (Å²) in [4.78, 5) is 50.0. The van der Waals surface area contributed by atoms with Crippen LogP contribution >= 0.6 is 11.6 Å². The Morgan fingerprint density at radius 2 is 1.98 bits per heavy atom. The van der Waals surface area contributed by atoms with E-state index in [4.69, 9.17) is 25.8 Å². The largest absolute Gasteiger partial charge is 0.470 e. The van der Waals surface area contributed by atoms with E-state index in [-0.39, 0.29) is 35.6 Å². The van der Waals surface area contributed by atoms with E-state index in [1.54, 1.807) is 0 Å². The number of ether oxygens (including phenoxy) is 3. The standard InChI is InChI=1S/C32H40ClFN4O6/c1-6-7-8-9-20-21-12-17(21)13-25(20)44-31(41)37-26(32(2,3)4)29(39)38-16-19(15-24(38)30(40)42-5)43-28-27(33)35-22-11-10-18(34)14-23(22)36-28/h6,10-11,14,17,19-21,24-26H,1,7-9,12-13,15-16H2,2-5H3,(H,37,41)/t17?,19-,20-,21+,24+,25-,26-/m1/s1. The molecule has 5 rings (SSSR count). The number of carbonyl (C=O) groups is 3. The van der Waals surface area contributed by atoms with Gasteiger partial charge in [0.1, 0.15) is 30.1 Å². The number of rotatable bonds is 10. The number of hydrogen-bond donors (Lipinski definition) is 1. The van der Waals surface area contributed by atoms with Gasteiger partial charge < -0.3 is 24.4 Å². The van der Waals surface area contributed by atoms with Crippen LogP contribution in [0.5, 0.6) is 5.88 Å². The summed E-state index contributed by atoms with van der Waals surface area (Å²) < 4.78 is 30.7. The van der Waals surface area contributed by atoms with Gasteiger partial charge in [0.05, 0.1) is 24.7 Å². The zero-order valence-electron chi connectivity index (χ0n) is 25.6. The Hall–Kier alpha value is -3.47. The molecule has 0 bridgehead atoms. The number of amides is 2. The molecule has 2 amide bonds. The highest BCUT2D eigenvalue weighted by molar-refractivity contribution is 6.31. The SMILES string of the molecule is C=CCCC[C@H]1[C@H](OC(=O)N[C@H](C(=O)N2C[C@H](Oc3nc4cc(F)ccc4nc3Cl)C[C@H]2C(=O)OC)C(C)(C)C)CC2C[C@@H]21. The third kappa shape index (κ3) is 6.92. The molecule has 0 radical (unpaired) electrons. The number of nitrogens with zero attached hydrogens (tertiary/aromatic N) is 3. The van der Waals surface area contributed by atoms with E-state index >= 15 is 0 Å². The molecule has 1 saturated heterocycles. The average Bonchev–Trinajstić information content (AvgIpc) is 3.46. The number of allylic oxidation sites excluding steroid dienone is 1. The maximum Gasteiger partial charge on any atom is 0.408 e. The first-order valence-electron chi connectivity index (χ1n) is 15.2. The summed E-state index contributed by atoms with van der Waals surface area (Å²) in [6.07, 6.45) is 5.39. The van der Waals surface area contributed by atoms with Crippen molar-refractivity contribution in [1.82, 2.24) is 20.2 Å². The van der Waals surface area contributed by atoms with Crippen molar-refractivity contribution in [2.75, 3.05) is 13.7 Å². The number of aromatic nitrogens is 2. The van der Waals surface area contributed by atoms with Gasteiger partial charge >= 0.3 is 12.1 Å². The van der Waals surface area contributed by atoms with Crippen molar-refractivity contribution in [3.8, 4) is 5.88 Å². The molecular weight excluding hydrogens is 591 g/mol. The molecule has 1 aliphatic heterocycles. The molecule has 3 fully saturated rings. The topological polar surface area (TPSA) is 120 Å². The van der Waals surface area contributed by atoms with E-state index < -0.39 is 47.4 Å². The zero-order valence-corrected chi connectivity index (χ0v) is 26.3. The molecule has 238 valence electrons. The molecule has 7 atom stereocenters. The van der Waals surface area contributed by atoms with E-state index in [2.05, 4.69) is 21.9 Å². The Kier molecular flexibility index (Phi) is 9.34. The lowest BCUT2D eigenvalue weighted by Crippen LogP contribution is -2.57. The Morgan fingerprint density at radius 3 is 2.68 bits per heavy atom. The van der Waals surface area contributed by atoms with Crippen LogP contribution in [0.25, 0.3) is 11.0 Å². The Labute approximate surface area is 261 Å². The van der Waals surface area contributed by atoms with Gasteiger partial charge in [-0.3, -0.25) is 4.79 Å². The predicted octanol–water partition coefficient (Wildman–Crippen LogP) is 5.47. The quantitative estimate of drug-likeness (QED) is 0.209. The number of esters is 1. The molecule has 2 aromatic rings. The summed E-state index contributed by atoms with van der Waals surface area (Å²) in [5.74, 6) is -0.107. The van der Waals surface area contributed by atoms with Crippen LogP contribution in [0, 0.1) is 29.0 Å². The second-order valence-corrected chi connectivity index (χ2v) is 13.5. The van der Waals surface area contributed by atoms with Gasteiger partial charge in [0.2, 0.25) is 5.91 Å². The predicted molar refractivity (Wildman–Crippen MR) is 161 cm³/mol. The summed E-state index contributed by atoms with van der Waals surface area (Å²) in [6, 6.07) is 1.96. The average molecular weight is 631 g/mol. The van der Waals surface area contributed by atoms with Gasteiger partial charge in [0.15, 0.2) is 5.15 Å². The molecule has 1 aromatic heterocycles. The Balaban J connectivity index is 1.29. The lowest BCUT2D eigenvalue weighted by atomic mass is 9.85. The molecular formula is C32H40ClFN4O6. The third-order valence-corrected chi connectivity index (χ3v) is 9.22. The molecule has 3 aliphatic rings. The number of alkyl carbamates (subject to hydrolysis) is 1. The number of likely N-dealkylation sites (tertiary alicyclic amines) is 1. The van der Waals surface area contributed by atoms with Crippen LogP contribution in [-0.2, 0) is 19.1 Å². The van der Waals surface area contributed by atoms with Crippen molar-refractivity contribution >= 4 is 40.6 Å². The Morgan fingerprint density at radius 1 is 1.20 bits per heavy atom. The van der Waals surface area contributed by atoms with E-state index in [0.717, 1.165) is 25.7 Å². The van der Waals surface area contributed by atoms with Crippen LogP contribution in [0.2, 0.25) is 5.15 Å². The highest BCUT2D eigenvalue weighted by Gasteiger charge is 2.54. The number of methoxy groups -OCH3 is 1. The van der Waals surface area contributed by atoms with Gasteiger partial charge in [-0.15, -0.1) is 6.58 Å². The van der Waals surface area contributed by atoms with Crippen molar-refractivity contribution in [1.29, 1.82) is 0 Å². The number of carbonyl (C=O) groups excluding carboxylic acids is 3. The van der Waals surface area contributed by atoms with E-state index in [1.807, 2.05) is 26.8 Å². The van der Waals surface area contributed by atoms with E-state index in [0.29, 0.717) is 23.3 Å². The lowest BCUT2D eigenvalue weighted by molar-refractivity contribution is -0.152. The molecule has 0 spiro atoms. The normalized spacial score (nSPS) is 26.5. The first-order chi connectivity index (χ1) is 20.9. The fraction of sp³-hybridized carbons (Fsp3) is 0.594. The monoisotopic (exact) mass is 630 g/mol. The van der Waals surface area contributed by atoms with Crippen LogP contribution in [-0.4, -0.2) is 70.8 Å². The van der Waals surface area contributed by atoms with Crippen molar-refractivity contribution in [3.05, 3.63) is 41.8 Å². The first kappa shape index (κ1) is 31.9. The fourth-order valence-corrected chi connectivity index (χ4v) is 6.84. The summed E-state index contributed by atoms with van der Waals surface area (Å²) in [5, 5.41) is 2.78. The van der Waals surface area contributed by atoms with Gasteiger partial charge in [-0.05, 0) is 67.4 Å². The zero-order chi connectivity index (χ0) is 31.8.